The lowest BCUT2D eigenvalue weighted by molar-refractivity contribution is -0.121. The highest BCUT2D eigenvalue weighted by molar-refractivity contribution is 5.78. The Morgan fingerprint density at radius 1 is 1.43 bits per heavy atom. The molecule has 0 atom stereocenters. The van der Waals surface area contributed by atoms with Crippen molar-refractivity contribution in [1.29, 1.82) is 0 Å². The normalized spacial score (nSPS) is 10.2. The number of carbonyl (C=O) groups is 1. The van der Waals surface area contributed by atoms with Crippen LogP contribution in [-0.2, 0) is 11.2 Å². The van der Waals surface area contributed by atoms with Crippen molar-refractivity contribution in [3.63, 3.8) is 0 Å². The van der Waals surface area contributed by atoms with E-state index in [9.17, 15) is 13.6 Å². The number of aromatic nitrogens is 2. The second-order valence-electron chi connectivity index (χ2n) is 2.62. The molecular formula is C8H9F2N3O. The van der Waals surface area contributed by atoms with E-state index in [1.165, 1.54) is 18.7 Å². The summed E-state index contributed by atoms with van der Waals surface area (Å²) in [6.45, 7) is -0.619. The van der Waals surface area contributed by atoms with Crippen LogP contribution in [0.4, 0.5) is 8.78 Å². The van der Waals surface area contributed by atoms with Crippen LogP contribution in [0.25, 0.3) is 0 Å². The van der Waals surface area contributed by atoms with E-state index in [2.05, 4.69) is 15.3 Å². The van der Waals surface area contributed by atoms with Crippen molar-refractivity contribution in [1.82, 2.24) is 15.3 Å². The topological polar surface area (TPSA) is 54.9 Å². The Morgan fingerprint density at radius 3 is 2.64 bits per heavy atom. The van der Waals surface area contributed by atoms with Crippen molar-refractivity contribution in [2.45, 2.75) is 12.8 Å². The van der Waals surface area contributed by atoms with Gasteiger partial charge >= 0.3 is 0 Å². The molecule has 6 heteroatoms. The maximum absolute atomic E-state index is 11.7. The quantitative estimate of drug-likeness (QED) is 0.767. The lowest BCUT2D eigenvalue weighted by atomic mass is 10.2. The molecule has 0 aliphatic carbocycles. The Kier molecular flexibility index (Phi) is 3.90. The van der Waals surface area contributed by atoms with Gasteiger partial charge in [0.25, 0.3) is 6.43 Å². The molecule has 0 fully saturated rings. The zero-order chi connectivity index (χ0) is 10.4. The van der Waals surface area contributed by atoms with Gasteiger partial charge in [-0.2, -0.15) is 0 Å². The van der Waals surface area contributed by atoms with E-state index in [1.807, 2.05) is 0 Å². The van der Waals surface area contributed by atoms with Gasteiger partial charge in [0.2, 0.25) is 5.91 Å². The number of nitrogens with zero attached hydrogens (tertiary/aromatic N) is 2. The molecule has 1 heterocycles. The SMILES string of the molecule is O=C(Cc1cncnc1)NCC(F)F. The molecule has 1 aromatic rings. The zero-order valence-corrected chi connectivity index (χ0v) is 7.28. The van der Waals surface area contributed by atoms with Gasteiger partial charge in [-0.15, -0.1) is 0 Å². The number of hydrogen-bond acceptors (Lipinski definition) is 3. The van der Waals surface area contributed by atoms with Gasteiger partial charge < -0.3 is 5.32 Å². The fourth-order valence-corrected chi connectivity index (χ4v) is 0.860. The maximum Gasteiger partial charge on any atom is 0.255 e. The molecule has 0 aliphatic rings. The first-order valence-electron chi connectivity index (χ1n) is 3.97. The van der Waals surface area contributed by atoms with Gasteiger partial charge in [-0.1, -0.05) is 0 Å². The summed E-state index contributed by atoms with van der Waals surface area (Å²) in [6, 6.07) is 0. The highest BCUT2D eigenvalue weighted by atomic mass is 19.3. The Morgan fingerprint density at radius 2 is 2.07 bits per heavy atom. The summed E-state index contributed by atoms with van der Waals surface area (Å²) in [7, 11) is 0. The van der Waals surface area contributed by atoms with Gasteiger partial charge in [-0.05, 0) is 5.56 Å². The van der Waals surface area contributed by atoms with Crippen molar-refractivity contribution in [3.8, 4) is 0 Å². The largest absolute Gasteiger partial charge is 0.350 e. The lowest BCUT2D eigenvalue weighted by Gasteiger charge is -2.03. The van der Waals surface area contributed by atoms with Gasteiger partial charge in [0.15, 0.2) is 0 Å². The Bertz CT molecular complexity index is 292. The van der Waals surface area contributed by atoms with Crippen molar-refractivity contribution in [2.75, 3.05) is 6.54 Å². The average Bonchev–Trinajstić information content (AvgIpc) is 2.16. The third kappa shape index (κ3) is 3.88. The summed E-state index contributed by atoms with van der Waals surface area (Å²) >= 11 is 0. The van der Waals surface area contributed by atoms with Gasteiger partial charge in [0.1, 0.15) is 6.33 Å². The number of hydrogen-bond donors (Lipinski definition) is 1. The summed E-state index contributed by atoms with van der Waals surface area (Å²) in [5.41, 5.74) is 0.597. The number of carbonyl (C=O) groups excluding carboxylic acids is 1. The van der Waals surface area contributed by atoms with E-state index in [0.717, 1.165) is 0 Å². The predicted molar refractivity (Wildman–Crippen MR) is 44.7 cm³/mol. The predicted octanol–water partition coefficient (Wildman–Crippen LogP) is 0.400. The van der Waals surface area contributed by atoms with Crippen LogP contribution in [0.2, 0.25) is 0 Å². The first-order chi connectivity index (χ1) is 6.68. The van der Waals surface area contributed by atoms with Crippen molar-refractivity contribution < 1.29 is 13.6 Å². The number of halogens is 2. The second-order valence-corrected chi connectivity index (χ2v) is 2.62. The van der Waals surface area contributed by atoms with Crippen LogP contribution in [0.15, 0.2) is 18.7 Å². The molecule has 1 aromatic heterocycles. The number of alkyl halides is 2. The lowest BCUT2D eigenvalue weighted by Crippen LogP contribution is -2.29. The highest BCUT2D eigenvalue weighted by Gasteiger charge is 2.06. The molecule has 0 spiro atoms. The molecule has 0 bridgehead atoms. The van der Waals surface area contributed by atoms with Crippen LogP contribution in [-0.4, -0.2) is 28.8 Å². The highest BCUT2D eigenvalue weighted by Crippen LogP contribution is 1.95. The Balaban J connectivity index is 2.35. The maximum atomic E-state index is 11.7. The molecule has 0 unspecified atom stereocenters. The zero-order valence-electron chi connectivity index (χ0n) is 7.28. The monoisotopic (exact) mass is 201 g/mol. The molecule has 1 N–H and O–H groups in total. The third-order valence-corrected chi connectivity index (χ3v) is 1.43. The molecule has 4 nitrogen and oxygen atoms in total. The fourth-order valence-electron chi connectivity index (χ4n) is 0.860. The van der Waals surface area contributed by atoms with E-state index in [-0.39, 0.29) is 6.42 Å². The molecule has 0 saturated heterocycles. The summed E-state index contributed by atoms with van der Waals surface area (Å²) in [5, 5.41) is 2.09. The average molecular weight is 201 g/mol. The smallest absolute Gasteiger partial charge is 0.255 e. The van der Waals surface area contributed by atoms with Crippen LogP contribution in [0.1, 0.15) is 5.56 Å². The van der Waals surface area contributed by atoms with Crippen molar-refractivity contribution in [2.24, 2.45) is 0 Å². The van der Waals surface area contributed by atoms with E-state index in [1.54, 1.807) is 0 Å². The molecular weight excluding hydrogens is 192 g/mol. The summed E-state index contributed by atoms with van der Waals surface area (Å²) in [6.07, 6.45) is 1.77. The van der Waals surface area contributed by atoms with Crippen LogP contribution in [0.3, 0.4) is 0 Å². The fraction of sp³-hybridized carbons (Fsp3) is 0.375. The van der Waals surface area contributed by atoms with Crippen LogP contribution < -0.4 is 5.32 Å². The molecule has 1 rings (SSSR count). The molecule has 0 saturated carbocycles. The van der Waals surface area contributed by atoms with Gasteiger partial charge in [0, 0.05) is 12.4 Å². The van der Waals surface area contributed by atoms with Gasteiger partial charge in [-0.3, -0.25) is 4.79 Å². The van der Waals surface area contributed by atoms with E-state index >= 15 is 0 Å². The van der Waals surface area contributed by atoms with Gasteiger partial charge in [-0.25, -0.2) is 18.7 Å². The van der Waals surface area contributed by atoms with Gasteiger partial charge in [0.05, 0.1) is 13.0 Å². The molecule has 0 radical (unpaired) electrons. The minimum Gasteiger partial charge on any atom is -0.350 e. The molecule has 1 amide bonds. The van der Waals surface area contributed by atoms with Crippen LogP contribution in [0, 0.1) is 0 Å². The first-order valence-corrected chi connectivity index (χ1v) is 3.97. The summed E-state index contributed by atoms with van der Waals surface area (Å²) in [5.74, 6) is -0.458. The van der Waals surface area contributed by atoms with Crippen molar-refractivity contribution in [3.05, 3.63) is 24.3 Å². The summed E-state index contributed by atoms with van der Waals surface area (Å²) < 4.78 is 23.4. The minimum absolute atomic E-state index is 0.0214. The molecule has 0 aromatic carbocycles. The molecule has 0 aliphatic heterocycles. The van der Waals surface area contributed by atoms with Crippen molar-refractivity contribution >= 4 is 5.91 Å². The first kappa shape index (κ1) is 10.5. The summed E-state index contributed by atoms with van der Waals surface area (Å²) in [4.78, 5) is 18.4. The van der Waals surface area contributed by atoms with E-state index in [0.29, 0.717) is 5.56 Å². The molecule has 76 valence electrons. The van der Waals surface area contributed by atoms with Crippen LogP contribution >= 0.6 is 0 Å². The second kappa shape index (κ2) is 5.21. The third-order valence-electron chi connectivity index (χ3n) is 1.43. The van der Waals surface area contributed by atoms with E-state index in [4.69, 9.17) is 0 Å². The number of rotatable bonds is 4. The minimum atomic E-state index is -2.52. The standard InChI is InChI=1S/C8H9F2N3O/c9-7(10)4-13-8(14)1-6-2-11-5-12-3-6/h2-3,5,7H,1,4H2,(H,13,14). The Labute approximate surface area is 79.4 Å². The Hall–Kier alpha value is -1.59. The number of amides is 1. The molecule has 14 heavy (non-hydrogen) atoms. The number of nitrogens with one attached hydrogen (secondary N) is 1. The van der Waals surface area contributed by atoms with E-state index < -0.39 is 18.9 Å². The van der Waals surface area contributed by atoms with Crippen LogP contribution in [0.5, 0.6) is 0 Å².